The summed E-state index contributed by atoms with van der Waals surface area (Å²) in [6.45, 7) is 6.59. The molecule has 0 saturated heterocycles. The molecule has 0 N–H and O–H groups in total. The molecule has 9 atom stereocenters. The van der Waals surface area contributed by atoms with Crippen LogP contribution in [0, 0.1) is 40.4 Å². The molecule has 4 aliphatic carbocycles. The third kappa shape index (κ3) is 4.48. The summed E-state index contributed by atoms with van der Waals surface area (Å²) in [7, 11) is 1.65. The number of benzene rings is 1. The lowest BCUT2D eigenvalue weighted by Gasteiger charge is -2.60. The van der Waals surface area contributed by atoms with Crippen molar-refractivity contribution in [2.45, 2.75) is 96.9 Å². The molecule has 1 aliphatic heterocycles. The Morgan fingerprint density at radius 3 is 2.41 bits per heavy atom. The maximum atomic E-state index is 13.1. The molecule has 1 aromatic carbocycles. The average Bonchev–Trinajstić information content (AvgIpc) is 3.47. The number of nitrogens with zero attached hydrogens (tertiary/aromatic N) is 2. The van der Waals surface area contributed by atoms with Crippen molar-refractivity contribution < 1.29 is 32.2 Å². The van der Waals surface area contributed by atoms with Crippen molar-refractivity contribution in [3.63, 3.8) is 0 Å². The van der Waals surface area contributed by atoms with Crippen molar-refractivity contribution in [3.05, 3.63) is 29.8 Å². The molecular weight excluding hydrogens is 533 g/mol. The number of alkyl halides is 3. The van der Waals surface area contributed by atoms with E-state index >= 15 is 0 Å². The third-order valence-corrected chi connectivity index (χ3v) is 11.8. The molecule has 0 bridgehead atoms. The van der Waals surface area contributed by atoms with Crippen LogP contribution in [0.1, 0.15) is 90.2 Å². The number of hydrogen-bond acceptors (Lipinski definition) is 5. The fourth-order valence-corrected chi connectivity index (χ4v) is 9.79. The van der Waals surface area contributed by atoms with Gasteiger partial charge in [0.05, 0.1) is 18.9 Å². The highest BCUT2D eigenvalue weighted by Gasteiger charge is 2.64. The Labute approximate surface area is 240 Å². The number of amides is 1. The van der Waals surface area contributed by atoms with E-state index in [2.05, 4.69) is 26.0 Å². The smallest absolute Gasteiger partial charge is 0.490 e. The highest BCUT2D eigenvalue weighted by Crippen LogP contribution is 2.68. The van der Waals surface area contributed by atoms with Gasteiger partial charge in [-0.25, -0.2) is 9.80 Å². The largest absolute Gasteiger partial charge is 0.497 e. The van der Waals surface area contributed by atoms with Gasteiger partial charge in [-0.15, -0.1) is 0 Å². The summed E-state index contributed by atoms with van der Waals surface area (Å²) in [6, 6.07) is 7.90. The van der Waals surface area contributed by atoms with E-state index in [9.17, 15) is 22.8 Å². The van der Waals surface area contributed by atoms with Crippen LogP contribution in [0.5, 0.6) is 5.75 Å². The lowest BCUT2D eigenvalue weighted by molar-refractivity contribution is -0.210. The molecule has 5 aliphatic rings. The van der Waals surface area contributed by atoms with E-state index in [1.807, 2.05) is 19.1 Å². The Balaban J connectivity index is 1.24. The van der Waals surface area contributed by atoms with E-state index in [-0.39, 0.29) is 34.6 Å². The summed E-state index contributed by atoms with van der Waals surface area (Å²) in [6.07, 6.45) is 1.64. The number of methoxy groups -OCH3 is 1. The summed E-state index contributed by atoms with van der Waals surface area (Å²) >= 11 is 0. The number of carbonyl (C=O) groups excluding carboxylic acids is 2. The van der Waals surface area contributed by atoms with E-state index < -0.39 is 18.2 Å². The molecule has 0 aromatic heterocycles. The highest BCUT2D eigenvalue weighted by atomic mass is 19.4. The first-order valence-electron chi connectivity index (χ1n) is 15.2. The van der Waals surface area contributed by atoms with Gasteiger partial charge in [0.2, 0.25) is 5.91 Å². The first-order valence-corrected chi connectivity index (χ1v) is 15.2. The molecule has 1 aromatic rings. The number of fused-ring (bicyclic) bond motifs is 7. The SMILES string of the molecule is CCC(=O)N1N=C2[C@H](C[C@H]3[C@@H]4CC[C@H]5C[C@@H](OC(=O)C(F)(F)F)CC[C@]5(C)[C@H]4CC[C@]23C)[C@H]1c1ccc(OC)cc1. The molecule has 0 unspecified atom stereocenters. The van der Waals surface area contributed by atoms with Crippen LogP contribution in [0.25, 0.3) is 0 Å². The number of esters is 1. The second-order valence-corrected chi connectivity index (χ2v) is 13.5. The molecule has 6 rings (SSSR count). The second-order valence-electron chi connectivity index (χ2n) is 13.5. The molecule has 6 nitrogen and oxygen atoms in total. The van der Waals surface area contributed by atoms with Gasteiger partial charge in [0, 0.05) is 17.8 Å². The van der Waals surface area contributed by atoms with E-state index in [4.69, 9.17) is 14.6 Å². The minimum atomic E-state index is -4.95. The van der Waals surface area contributed by atoms with Gasteiger partial charge >= 0.3 is 12.1 Å². The summed E-state index contributed by atoms with van der Waals surface area (Å²) in [5, 5.41) is 6.85. The van der Waals surface area contributed by atoms with Crippen LogP contribution in [0.2, 0.25) is 0 Å². The Bertz CT molecular complexity index is 1230. The minimum absolute atomic E-state index is 0.0322. The van der Waals surface area contributed by atoms with E-state index in [1.165, 1.54) is 5.71 Å². The molecule has 4 saturated carbocycles. The molecule has 41 heavy (non-hydrogen) atoms. The number of halogens is 3. The number of ether oxygens (including phenoxy) is 2. The van der Waals surface area contributed by atoms with Gasteiger partial charge in [-0.2, -0.15) is 18.3 Å². The van der Waals surface area contributed by atoms with Crippen LogP contribution < -0.4 is 4.74 Å². The quantitative estimate of drug-likeness (QED) is 0.360. The lowest BCUT2D eigenvalue weighted by Crippen LogP contribution is -2.54. The van der Waals surface area contributed by atoms with Gasteiger partial charge in [-0.3, -0.25) is 4.79 Å². The molecule has 1 heterocycles. The summed E-state index contributed by atoms with van der Waals surface area (Å²) in [5.41, 5.74) is 2.23. The van der Waals surface area contributed by atoms with Crippen molar-refractivity contribution in [3.8, 4) is 5.75 Å². The molecule has 9 heteroatoms. The number of hydrogen-bond donors (Lipinski definition) is 0. The average molecular weight is 575 g/mol. The number of rotatable bonds is 4. The highest BCUT2D eigenvalue weighted by molar-refractivity contribution is 5.98. The van der Waals surface area contributed by atoms with Crippen LogP contribution in [-0.4, -0.2) is 42.0 Å². The molecule has 1 amide bonds. The van der Waals surface area contributed by atoms with Gasteiger partial charge in [-0.1, -0.05) is 32.9 Å². The summed E-state index contributed by atoms with van der Waals surface area (Å²) in [5.74, 6) is 0.667. The maximum absolute atomic E-state index is 13.1. The van der Waals surface area contributed by atoms with E-state index in [0.29, 0.717) is 37.0 Å². The van der Waals surface area contributed by atoms with Crippen molar-refractivity contribution in [2.24, 2.45) is 45.5 Å². The van der Waals surface area contributed by atoms with Crippen LogP contribution in [-0.2, 0) is 14.3 Å². The number of carbonyl (C=O) groups is 2. The Kier molecular flexibility index (Phi) is 6.97. The van der Waals surface area contributed by atoms with Crippen LogP contribution >= 0.6 is 0 Å². The van der Waals surface area contributed by atoms with Crippen molar-refractivity contribution in [2.75, 3.05) is 7.11 Å². The zero-order valence-corrected chi connectivity index (χ0v) is 24.4. The minimum Gasteiger partial charge on any atom is -0.497 e. The van der Waals surface area contributed by atoms with Gasteiger partial charge in [0.15, 0.2) is 0 Å². The van der Waals surface area contributed by atoms with Crippen molar-refractivity contribution in [1.82, 2.24) is 5.01 Å². The van der Waals surface area contributed by atoms with Crippen molar-refractivity contribution in [1.29, 1.82) is 0 Å². The van der Waals surface area contributed by atoms with Gasteiger partial charge in [-0.05, 0) is 98.1 Å². The first-order chi connectivity index (χ1) is 19.4. The zero-order valence-electron chi connectivity index (χ0n) is 24.4. The van der Waals surface area contributed by atoms with Crippen LogP contribution in [0.3, 0.4) is 0 Å². The summed E-state index contributed by atoms with van der Waals surface area (Å²) in [4.78, 5) is 24.6. The topological polar surface area (TPSA) is 68.2 Å². The predicted octanol–water partition coefficient (Wildman–Crippen LogP) is 7.09. The van der Waals surface area contributed by atoms with E-state index in [1.54, 1.807) is 12.1 Å². The van der Waals surface area contributed by atoms with Gasteiger partial charge in [0.1, 0.15) is 11.9 Å². The first kappa shape index (κ1) is 28.5. The third-order valence-electron chi connectivity index (χ3n) is 11.8. The fraction of sp³-hybridized carbons (Fsp3) is 0.719. The fourth-order valence-electron chi connectivity index (χ4n) is 9.79. The molecule has 0 spiro atoms. The molecule has 224 valence electrons. The Hall–Kier alpha value is -2.58. The zero-order chi connectivity index (χ0) is 29.3. The lowest BCUT2D eigenvalue weighted by atomic mass is 9.45. The van der Waals surface area contributed by atoms with Gasteiger partial charge in [0.25, 0.3) is 0 Å². The Morgan fingerprint density at radius 1 is 1.02 bits per heavy atom. The standard InChI is InChI=1S/C32H41F3N2O4/c1-5-26(38)37-27(18-6-9-20(40-4)10-7-18)23-17-25-22-11-8-19-16-21(41-29(39)32(33,34)35)12-14-30(19,2)24(22)13-15-31(25,3)28(23)36-37/h6-7,9-10,19,21-25,27H,5,8,11-17H2,1-4H3/t19-,21-,22+,23+,24-,25-,27+,30-,31-/m0/s1. The van der Waals surface area contributed by atoms with Crippen LogP contribution in [0.4, 0.5) is 13.2 Å². The molecule has 0 radical (unpaired) electrons. The van der Waals surface area contributed by atoms with Crippen molar-refractivity contribution >= 4 is 17.6 Å². The molecular formula is C32H41F3N2O4. The monoisotopic (exact) mass is 574 g/mol. The second kappa shape index (κ2) is 10.0. The maximum Gasteiger partial charge on any atom is 0.490 e. The van der Waals surface area contributed by atoms with Crippen LogP contribution in [0.15, 0.2) is 29.4 Å². The normalized spacial score (nSPS) is 39.6. The number of hydrazone groups is 1. The predicted molar refractivity (Wildman–Crippen MR) is 147 cm³/mol. The molecule has 4 fully saturated rings. The van der Waals surface area contributed by atoms with Gasteiger partial charge < -0.3 is 9.47 Å². The summed E-state index contributed by atoms with van der Waals surface area (Å²) < 4.78 is 48.8. The Morgan fingerprint density at radius 2 is 1.76 bits per heavy atom. The van der Waals surface area contributed by atoms with E-state index in [0.717, 1.165) is 49.8 Å².